The topological polar surface area (TPSA) is 111 Å². The monoisotopic (exact) mass is 448 g/mol. The van der Waals surface area contributed by atoms with Crippen LogP contribution in [-0.2, 0) is 23.8 Å². The van der Waals surface area contributed by atoms with Crippen molar-refractivity contribution in [3.05, 3.63) is 46.9 Å². The second-order valence-electron chi connectivity index (χ2n) is 7.96. The number of thioether (sulfide) groups is 1. The highest BCUT2D eigenvalue weighted by molar-refractivity contribution is 8.02. The van der Waals surface area contributed by atoms with Crippen molar-refractivity contribution in [3.8, 4) is 0 Å². The molecule has 0 spiro atoms. The molecular formula is C21H24N2O7S. The number of rotatable bonds is 5. The van der Waals surface area contributed by atoms with Gasteiger partial charge in [-0.1, -0.05) is 18.2 Å². The molecular weight excluding hydrogens is 424 g/mol. The lowest BCUT2D eigenvalue weighted by molar-refractivity contribution is -0.169. The Balaban J connectivity index is 1.79. The lowest BCUT2D eigenvalue weighted by Gasteiger charge is -2.51. The van der Waals surface area contributed by atoms with Crippen LogP contribution in [0, 0.1) is 0 Å². The standard InChI is InChI=1S/C21H24N2O7S/c1-21(2,3)30-19(26)15-13(10-29-18(25)12-8-6-5-7-9-12)11-31-17-14(16(24)23(15)17)22-20(27)28-4/h5-9,11,14-15,17H,10H2,1-4H3,(H,22,27)/t14-,15-,17-/m1/s1. The fourth-order valence-corrected chi connectivity index (χ4v) is 4.38. The minimum absolute atomic E-state index is 0.184. The van der Waals surface area contributed by atoms with Crippen LogP contribution in [0.3, 0.4) is 0 Å². The molecule has 9 nitrogen and oxygen atoms in total. The third-order valence-electron chi connectivity index (χ3n) is 4.54. The second-order valence-corrected chi connectivity index (χ2v) is 8.95. The number of nitrogens with one attached hydrogen (secondary N) is 1. The predicted octanol–water partition coefficient (Wildman–Crippen LogP) is 2.08. The van der Waals surface area contributed by atoms with Gasteiger partial charge in [0.2, 0.25) is 5.91 Å². The summed E-state index contributed by atoms with van der Waals surface area (Å²) in [5.41, 5.74) is 0.0193. The first-order chi connectivity index (χ1) is 14.6. The van der Waals surface area contributed by atoms with Gasteiger partial charge in [0, 0.05) is 5.57 Å². The molecule has 31 heavy (non-hydrogen) atoms. The van der Waals surface area contributed by atoms with Gasteiger partial charge in [0.05, 0.1) is 12.7 Å². The highest BCUT2D eigenvalue weighted by Crippen LogP contribution is 2.40. The van der Waals surface area contributed by atoms with Gasteiger partial charge < -0.3 is 24.4 Å². The van der Waals surface area contributed by atoms with Crippen molar-refractivity contribution in [2.45, 2.75) is 43.8 Å². The molecule has 0 aliphatic carbocycles. The van der Waals surface area contributed by atoms with Crippen LogP contribution in [0.4, 0.5) is 4.79 Å². The number of β-lactam (4-membered cyclic amide) rings is 1. The number of carbonyl (C=O) groups is 4. The minimum Gasteiger partial charge on any atom is -0.458 e. The summed E-state index contributed by atoms with van der Waals surface area (Å²) in [7, 11) is 1.20. The van der Waals surface area contributed by atoms with E-state index in [0.717, 1.165) is 0 Å². The van der Waals surface area contributed by atoms with Crippen molar-refractivity contribution < 1.29 is 33.4 Å². The lowest BCUT2D eigenvalue weighted by Crippen LogP contribution is -2.74. The van der Waals surface area contributed by atoms with Crippen LogP contribution < -0.4 is 5.32 Å². The van der Waals surface area contributed by atoms with Crippen LogP contribution in [0.1, 0.15) is 31.1 Å². The minimum atomic E-state index is -1.06. The molecule has 3 rings (SSSR count). The number of ether oxygens (including phenoxy) is 3. The third kappa shape index (κ3) is 5.01. The number of methoxy groups -OCH3 is 1. The van der Waals surface area contributed by atoms with Crippen LogP contribution in [0.15, 0.2) is 41.3 Å². The molecule has 2 heterocycles. The Morgan fingerprint density at radius 3 is 2.45 bits per heavy atom. The molecule has 0 bridgehead atoms. The molecule has 0 aromatic heterocycles. The van der Waals surface area contributed by atoms with Gasteiger partial charge in [0.25, 0.3) is 0 Å². The molecule has 1 saturated heterocycles. The van der Waals surface area contributed by atoms with Crippen LogP contribution in [0.25, 0.3) is 0 Å². The fraction of sp³-hybridized carbons (Fsp3) is 0.429. The summed E-state index contributed by atoms with van der Waals surface area (Å²) in [5.74, 6) is -1.62. The number of amides is 2. The van der Waals surface area contributed by atoms with E-state index in [-0.39, 0.29) is 6.61 Å². The van der Waals surface area contributed by atoms with Gasteiger partial charge in [-0.2, -0.15) is 0 Å². The number of carbonyl (C=O) groups excluding carboxylic acids is 4. The van der Waals surface area contributed by atoms with E-state index in [1.54, 1.807) is 56.5 Å². The molecule has 3 atom stereocenters. The molecule has 10 heteroatoms. The number of benzene rings is 1. The Morgan fingerprint density at radius 2 is 1.84 bits per heavy atom. The zero-order valence-corrected chi connectivity index (χ0v) is 18.4. The zero-order valence-electron chi connectivity index (χ0n) is 17.6. The Morgan fingerprint density at radius 1 is 1.16 bits per heavy atom. The summed E-state index contributed by atoms with van der Waals surface area (Å²) in [6, 6.07) is 6.57. The van der Waals surface area contributed by atoms with E-state index in [1.807, 2.05) is 0 Å². The second kappa shape index (κ2) is 9.01. The summed E-state index contributed by atoms with van der Waals surface area (Å²) in [6.45, 7) is 4.98. The van der Waals surface area contributed by atoms with E-state index in [0.29, 0.717) is 11.1 Å². The van der Waals surface area contributed by atoms with Crippen molar-refractivity contribution >= 4 is 35.7 Å². The van der Waals surface area contributed by atoms with E-state index in [2.05, 4.69) is 10.1 Å². The number of hydrogen-bond donors (Lipinski definition) is 1. The molecule has 1 N–H and O–H groups in total. The number of alkyl carbamates (subject to hydrolysis) is 1. The van der Waals surface area contributed by atoms with Crippen LogP contribution in [-0.4, -0.2) is 65.6 Å². The van der Waals surface area contributed by atoms with Crippen molar-refractivity contribution in [2.75, 3.05) is 13.7 Å². The van der Waals surface area contributed by atoms with Crippen molar-refractivity contribution in [2.24, 2.45) is 0 Å². The quantitative estimate of drug-likeness (QED) is 0.414. The number of hydrogen-bond acceptors (Lipinski definition) is 8. The number of nitrogens with zero attached hydrogens (tertiary/aromatic N) is 1. The molecule has 2 amide bonds. The Hall–Kier alpha value is -3.01. The summed E-state index contributed by atoms with van der Waals surface area (Å²) in [4.78, 5) is 50.9. The first kappa shape index (κ1) is 22.7. The van der Waals surface area contributed by atoms with Gasteiger partial charge in [-0.05, 0) is 38.3 Å². The molecule has 2 aliphatic rings. The summed E-state index contributed by atoms with van der Waals surface area (Å²) >= 11 is 1.25. The first-order valence-corrected chi connectivity index (χ1v) is 10.5. The van der Waals surface area contributed by atoms with Gasteiger partial charge in [0.1, 0.15) is 23.6 Å². The first-order valence-electron chi connectivity index (χ1n) is 9.58. The molecule has 0 unspecified atom stereocenters. The van der Waals surface area contributed by atoms with Crippen LogP contribution >= 0.6 is 11.8 Å². The van der Waals surface area contributed by atoms with Gasteiger partial charge in [-0.15, -0.1) is 11.8 Å². The molecule has 166 valence electrons. The highest BCUT2D eigenvalue weighted by Gasteiger charge is 2.56. The van der Waals surface area contributed by atoms with E-state index >= 15 is 0 Å². The molecule has 1 aromatic carbocycles. The Labute approximate surface area is 184 Å². The maximum atomic E-state index is 12.9. The maximum Gasteiger partial charge on any atom is 0.407 e. The van der Waals surface area contributed by atoms with E-state index in [1.165, 1.54) is 23.8 Å². The van der Waals surface area contributed by atoms with Crippen LogP contribution in [0.2, 0.25) is 0 Å². The normalized spacial score (nSPS) is 22.5. The SMILES string of the molecule is COC(=O)N[C@@H]1C(=O)N2[C@@H](C(=O)OC(C)(C)C)C(COC(=O)c3ccccc3)=CS[C@H]12. The van der Waals surface area contributed by atoms with Gasteiger partial charge in [0.15, 0.2) is 6.04 Å². The highest BCUT2D eigenvalue weighted by atomic mass is 32.2. The summed E-state index contributed by atoms with van der Waals surface area (Å²) in [6.07, 6.45) is -0.737. The zero-order chi connectivity index (χ0) is 22.8. The predicted molar refractivity (Wildman–Crippen MR) is 112 cm³/mol. The molecule has 2 aliphatic heterocycles. The van der Waals surface area contributed by atoms with Crippen molar-refractivity contribution in [3.63, 3.8) is 0 Å². The number of fused-ring (bicyclic) bond motifs is 1. The molecule has 0 radical (unpaired) electrons. The van der Waals surface area contributed by atoms with E-state index in [4.69, 9.17) is 9.47 Å². The largest absolute Gasteiger partial charge is 0.458 e. The van der Waals surface area contributed by atoms with Gasteiger partial charge in [-0.25, -0.2) is 14.4 Å². The van der Waals surface area contributed by atoms with Crippen molar-refractivity contribution in [1.82, 2.24) is 10.2 Å². The van der Waals surface area contributed by atoms with Gasteiger partial charge in [-0.3, -0.25) is 4.79 Å². The lowest BCUT2D eigenvalue weighted by atomic mass is 9.98. The molecule has 0 saturated carbocycles. The maximum absolute atomic E-state index is 12.9. The number of esters is 2. The Bertz CT molecular complexity index is 910. The summed E-state index contributed by atoms with van der Waals surface area (Å²) < 4.78 is 15.4. The average Bonchev–Trinajstić information content (AvgIpc) is 2.74. The average molecular weight is 448 g/mol. The van der Waals surface area contributed by atoms with Crippen molar-refractivity contribution in [1.29, 1.82) is 0 Å². The van der Waals surface area contributed by atoms with E-state index in [9.17, 15) is 19.2 Å². The molecule has 1 fully saturated rings. The Kier molecular flexibility index (Phi) is 6.59. The third-order valence-corrected chi connectivity index (χ3v) is 5.75. The van der Waals surface area contributed by atoms with Crippen LogP contribution in [0.5, 0.6) is 0 Å². The fourth-order valence-electron chi connectivity index (χ4n) is 3.17. The van der Waals surface area contributed by atoms with E-state index < -0.39 is 47.0 Å². The smallest absolute Gasteiger partial charge is 0.407 e. The van der Waals surface area contributed by atoms with Gasteiger partial charge >= 0.3 is 18.0 Å². The summed E-state index contributed by atoms with van der Waals surface area (Å²) in [5, 5.41) is 3.64. The molecule has 1 aromatic rings.